The van der Waals surface area contributed by atoms with Gasteiger partial charge in [-0.1, -0.05) is 5.16 Å². The van der Waals surface area contributed by atoms with Crippen LogP contribution in [0.5, 0.6) is 0 Å². The molecule has 0 aromatic carbocycles. The molecule has 8 heteroatoms. The minimum atomic E-state index is -0.176. The number of ether oxygens (including phenoxy) is 1. The maximum Gasteiger partial charge on any atom is 0.257 e. The summed E-state index contributed by atoms with van der Waals surface area (Å²) < 4.78 is 13.8. The molecule has 0 radical (unpaired) electrons. The number of nitrogens with zero attached hydrogens (tertiary/aromatic N) is 6. The average Bonchev–Trinajstić information content (AvgIpc) is 3.51. The monoisotopic (exact) mass is 344 g/mol. The molecule has 0 unspecified atom stereocenters. The van der Waals surface area contributed by atoms with Gasteiger partial charge in [0.05, 0.1) is 12.6 Å². The highest BCUT2D eigenvalue weighted by Crippen LogP contribution is 2.44. The largest absolute Gasteiger partial charge is 0.363 e. The fourth-order valence-corrected chi connectivity index (χ4v) is 3.74. The molecule has 1 aliphatic heterocycles. The Labute approximate surface area is 146 Å². The second kappa shape index (κ2) is 5.88. The van der Waals surface area contributed by atoms with Gasteiger partial charge < -0.3 is 13.8 Å². The van der Waals surface area contributed by atoms with Crippen LogP contribution in [0.3, 0.4) is 0 Å². The topological polar surface area (TPSA) is 82.1 Å². The van der Waals surface area contributed by atoms with Gasteiger partial charge in [0.25, 0.3) is 5.89 Å². The van der Waals surface area contributed by atoms with Gasteiger partial charge in [0.15, 0.2) is 5.82 Å². The van der Waals surface area contributed by atoms with E-state index in [0.29, 0.717) is 23.7 Å². The van der Waals surface area contributed by atoms with Crippen LogP contribution in [0.1, 0.15) is 74.0 Å². The van der Waals surface area contributed by atoms with Crippen LogP contribution in [0, 0.1) is 6.92 Å². The third-order valence-electron chi connectivity index (χ3n) is 5.17. The Bertz CT molecular complexity index is 763. The Balaban J connectivity index is 1.35. The summed E-state index contributed by atoms with van der Waals surface area (Å²) in [6, 6.07) is 0.619. The van der Waals surface area contributed by atoms with Gasteiger partial charge in [-0.3, -0.25) is 4.90 Å². The zero-order valence-electron chi connectivity index (χ0n) is 14.8. The van der Waals surface area contributed by atoms with E-state index in [1.54, 1.807) is 0 Å². The summed E-state index contributed by atoms with van der Waals surface area (Å²) in [5.74, 6) is 4.16. The summed E-state index contributed by atoms with van der Waals surface area (Å²) in [5.41, 5.74) is 0. The Morgan fingerprint density at radius 3 is 2.64 bits per heavy atom. The third kappa shape index (κ3) is 3.08. The summed E-state index contributed by atoms with van der Waals surface area (Å²) in [5, 5.41) is 12.9. The molecule has 134 valence electrons. The maximum absolute atomic E-state index is 6.02. The first-order valence-electron chi connectivity index (χ1n) is 9.29. The van der Waals surface area contributed by atoms with Crippen LogP contribution in [0.15, 0.2) is 4.52 Å². The van der Waals surface area contributed by atoms with E-state index < -0.39 is 0 Å². The smallest absolute Gasteiger partial charge is 0.257 e. The maximum atomic E-state index is 6.02. The molecule has 2 aliphatic carbocycles. The SMILES string of the molecule is Cc1noc([C@H]2CN(Cc3nnc(C4CC4)n3C3CC3)C[C@@H](C)O2)n1. The van der Waals surface area contributed by atoms with E-state index >= 15 is 0 Å². The molecule has 2 aromatic rings. The number of rotatable bonds is 5. The molecular formula is C17H24N6O2. The van der Waals surface area contributed by atoms with Crippen LogP contribution in [-0.4, -0.2) is 49.0 Å². The van der Waals surface area contributed by atoms with Crippen molar-refractivity contribution in [2.24, 2.45) is 0 Å². The lowest BCUT2D eigenvalue weighted by atomic mass is 10.2. The first kappa shape index (κ1) is 15.5. The van der Waals surface area contributed by atoms with Gasteiger partial charge in [0.2, 0.25) is 0 Å². The van der Waals surface area contributed by atoms with Gasteiger partial charge in [-0.2, -0.15) is 4.98 Å². The number of hydrogen-bond acceptors (Lipinski definition) is 7. The Morgan fingerprint density at radius 1 is 1.12 bits per heavy atom. The average molecular weight is 344 g/mol. The third-order valence-corrected chi connectivity index (χ3v) is 5.17. The van der Waals surface area contributed by atoms with Crippen molar-refractivity contribution in [3.05, 3.63) is 23.4 Å². The quantitative estimate of drug-likeness (QED) is 0.822. The fourth-order valence-electron chi connectivity index (χ4n) is 3.74. The van der Waals surface area contributed by atoms with E-state index in [4.69, 9.17) is 9.26 Å². The fraction of sp³-hybridized carbons (Fsp3) is 0.765. The lowest BCUT2D eigenvalue weighted by Crippen LogP contribution is -2.42. The van der Waals surface area contributed by atoms with Gasteiger partial charge in [0.1, 0.15) is 17.8 Å². The first-order chi connectivity index (χ1) is 12.2. The van der Waals surface area contributed by atoms with Gasteiger partial charge >= 0.3 is 0 Å². The molecule has 3 heterocycles. The zero-order chi connectivity index (χ0) is 17.0. The number of morpholine rings is 1. The van der Waals surface area contributed by atoms with Crippen LogP contribution < -0.4 is 0 Å². The van der Waals surface area contributed by atoms with Gasteiger partial charge in [0, 0.05) is 25.0 Å². The van der Waals surface area contributed by atoms with E-state index in [2.05, 4.69) is 36.7 Å². The molecule has 0 spiro atoms. The second-order valence-corrected chi connectivity index (χ2v) is 7.66. The summed E-state index contributed by atoms with van der Waals surface area (Å²) in [7, 11) is 0. The predicted molar refractivity (Wildman–Crippen MR) is 87.9 cm³/mol. The highest BCUT2D eigenvalue weighted by Gasteiger charge is 2.37. The Hall–Kier alpha value is -1.80. The van der Waals surface area contributed by atoms with Crippen LogP contribution in [0.2, 0.25) is 0 Å². The highest BCUT2D eigenvalue weighted by molar-refractivity contribution is 5.12. The Morgan fingerprint density at radius 2 is 1.96 bits per heavy atom. The highest BCUT2D eigenvalue weighted by atomic mass is 16.5. The normalized spacial score (nSPS) is 27.8. The van der Waals surface area contributed by atoms with E-state index in [1.807, 2.05) is 6.92 Å². The van der Waals surface area contributed by atoms with E-state index in [-0.39, 0.29) is 12.2 Å². The van der Waals surface area contributed by atoms with Gasteiger partial charge in [-0.15, -0.1) is 10.2 Å². The molecule has 3 aliphatic rings. The molecule has 5 rings (SSSR count). The Kier molecular flexibility index (Phi) is 3.63. The molecule has 2 aromatic heterocycles. The molecule has 2 atom stereocenters. The van der Waals surface area contributed by atoms with Crippen molar-refractivity contribution in [3.8, 4) is 0 Å². The number of aryl methyl sites for hydroxylation is 1. The summed E-state index contributed by atoms with van der Waals surface area (Å²) in [6.07, 6.45) is 4.98. The summed E-state index contributed by atoms with van der Waals surface area (Å²) in [6.45, 7) is 6.33. The lowest BCUT2D eigenvalue weighted by molar-refractivity contribution is -0.0937. The molecule has 0 amide bonds. The van der Waals surface area contributed by atoms with Crippen LogP contribution in [-0.2, 0) is 11.3 Å². The van der Waals surface area contributed by atoms with Crippen molar-refractivity contribution >= 4 is 0 Å². The van der Waals surface area contributed by atoms with Crippen molar-refractivity contribution in [3.63, 3.8) is 0 Å². The summed E-state index contributed by atoms with van der Waals surface area (Å²) in [4.78, 5) is 6.71. The summed E-state index contributed by atoms with van der Waals surface area (Å²) >= 11 is 0. The minimum Gasteiger partial charge on any atom is -0.363 e. The van der Waals surface area contributed by atoms with Crippen molar-refractivity contribution in [2.45, 2.75) is 70.2 Å². The molecule has 3 fully saturated rings. The molecule has 8 nitrogen and oxygen atoms in total. The van der Waals surface area contributed by atoms with Crippen molar-refractivity contribution in [2.75, 3.05) is 13.1 Å². The molecule has 0 N–H and O–H groups in total. The van der Waals surface area contributed by atoms with Crippen molar-refractivity contribution in [1.82, 2.24) is 29.8 Å². The van der Waals surface area contributed by atoms with Crippen LogP contribution >= 0.6 is 0 Å². The van der Waals surface area contributed by atoms with E-state index in [9.17, 15) is 0 Å². The molecule has 25 heavy (non-hydrogen) atoms. The standard InChI is InChI=1S/C17H24N6O2/c1-10-7-22(8-14(24-10)17-18-11(2)21-25-17)9-15-19-20-16(12-3-4-12)23(15)13-5-6-13/h10,12-14H,3-9H2,1-2H3/t10-,14-/m1/s1. The lowest BCUT2D eigenvalue weighted by Gasteiger charge is -2.34. The predicted octanol–water partition coefficient (Wildman–Crippen LogP) is 2.14. The van der Waals surface area contributed by atoms with Gasteiger partial charge in [-0.05, 0) is 39.5 Å². The van der Waals surface area contributed by atoms with Crippen molar-refractivity contribution < 1.29 is 9.26 Å². The number of hydrogen-bond donors (Lipinski definition) is 0. The van der Waals surface area contributed by atoms with Crippen LogP contribution in [0.4, 0.5) is 0 Å². The molecular weight excluding hydrogens is 320 g/mol. The first-order valence-corrected chi connectivity index (χ1v) is 9.29. The minimum absolute atomic E-state index is 0.117. The second-order valence-electron chi connectivity index (χ2n) is 7.66. The number of aromatic nitrogens is 5. The molecule has 0 bridgehead atoms. The van der Waals surface area contributed by atoms with E-state index in [1.165, 1.54) is 31.5 Å². The van der Waals surface area contributed by atoms with Crippen LogP contribution in [0.25, 0.3) is 0 Å². The van der Waals surface area contributed by atoms with E-state index in [0.717, 1.165) is 25.5 Å². The molecule has 2 saturated carbocycles. The van der Waals surface area contributed by atoms with Crippen molar-refractivity contribution in [1.29, 1.82) is 0 Å². The molecule has 1 saturated heterocycles. The zero-order valence-corrected chi connectivity index (χ0v) is 14.8. The van der Waals surface area contributed by atoms with Gasteiger partial charge in [-0.25, -0.2) is 0 Å².